The Morgan fingerprint density at radius 2 is 1.54 bits per heavy atom. The van der Waals surface area contributed by atoms with Gasteiger partial charge in [-0.15, -0.1) is 0 Å². The van der Waals surface area contributed by atoms with Crippen molar-refractivity contribution in [2.24, 2.45) is 5.10 Å². The summed E-state index contributed by atoms with van der Waals surface area (Å²) in [7, 11) is 0. The number of benzene rings is 2. The second-order valence-electron chi connectivity index (χ2n) is 5.53. The van der Waals surface area contributed by atoms with Gasteiger partial charge in [-0.1, -0.05) is 60.7 Å². The molecule has 2 aromatic rings. The van der Waals surface area contributed by atoms with Gasteiger partial charge in [-0.25, -0.2) is 9.80 Å². The van der Waals surface area contributed by atoms with Gasteiger partial charge in [0.15, 0.2) is 0 Å². The molecule has 3 rings (SSSR count). The fourth-order valence-electron chi connectivity index (χ4n) is 2.65. The van der Waals surface area contributed by atoms with Crippen LogP contribution < -0.4 is 5.32 Å². The third-order valence-corrected chi connectivity index (χ3v) is 3.94. The lowest BCUT2D eigenvalue weighted by molar-refractivity contribution is -0.149. The summed E-state index contributed by atoms with van der Waals surface area (Å²) < 4.78 is 0. The van der Waals surface area contributed by atoms with E-state index in [2.05, 4.69) is 10.4 Å². The first-order chi connectivity index (χ1) is 11.6. The molecular weight excluding hydrogens is 306 g/mol. The van der Waals surface area contributed by atoms with Crippen molar-refractivity contribution in [2.45, 2.75) is 19.0 Å². The van der Waals surface area contributed by atoms with Crippen molar-refractivity contribution < 1.29 is 14.7 Å². The van der Waals surface area contributed by atoms with Crippen molar-refractivity contribution in [3.8, 4) is 0 Å². The highest BCUT2D eigenvalue weighted by Crippen LogP contribution is 2.22. The number of hydrogen-bond donors (Lipinski definition) is 2. The fraction of sp³-hybridized carbons (Fsp3) is 0.167. The van der Waals surface area contributed by atoms with Crippen molar-refractivity contribution in [1.29, 1.82) is 0 Å². The first kappa shape index (κ1) is 15.7. The number of carboxylic acid groups (broad SMARTS) is 1. The van der Waals surface area contributed by atoms with Crippen molar-refractivity contribution in [1.82, 2.24) is 10.3 Å². The summed E-state index contributed by atoms with van der Waals surface area (Å²) in [5.74, 6) is -0.353. The maximum atomic E-state index is 12.2. The van der Waals surface area contributed by atoms with E-state index in [4.69, 9.17) is 5.11 Å². The Kier molecular flexibility index (Phi) is 4.29. The fourth-order valence-corrected chi connectivity index (χ4v) is 2.65. The third-order valence-electron chi connectivity index (χ3n) is 3.94. The number of carbonyl (C=O) groups excluding carboxylic acids is 1. The number of β-lactam (4-membered cyclic amide) rings is 1. The van der Waals surface area contributed by atoms with Gasteiger partial charge in [0, 0.05) is 11.1 Å². The minimum absolute atomic E-state index is 0.337. The molecule has 6 nitrogen and oxygen atoms in total. The van der Waals surface area contributed by atoms with Crippen LogP contribution in [0.2, 0.25) is 0 Å². The molecule has 0 radical (unpaired) electrons. The number of nitrogens with one attached hydrogen (secondary N) is 1. The van der Waals surface area contributed by atoms with Gasteiger partial charge < -0.3 is 10.4 Å². The molecule has 1 fully saturated rings. The number of carbonyl (C=O) groups is 2. The minimum Gasteiger partial charge on any atom is -0.465 e. The molecular formula is C18H17N3O3. The second-order valence-corrected chi connectivity index (χ2v) is 5.53. The van der Waals surface area contributed by atoms with Crippen molar-refractivity contribution in [3.63, 3.8) is 0 Å². The molecule has 2 aromatic carbocycles. The van der Waals surface area contributed by atoms with Crippen LogP contribution in [0.15, 0.2) is 65.8 Å². The molecule has 0 spiro atoms. The van der Waals surface area contributed by atoms with Gasteiger partial charge in [-0.3, -0.25) is 4.79 Å². The molecule has 0 saturated carbocycles. The minimum atomic E-state index is -1.21. The molecule has 1 unspecified atom stereocenters. The maximum absolute atomic E-state index is 12.2. The number of rotatable bonds is 4. The maximum Gasteiger partial charge on any atom is 0.405 e. The first-order valence-corrected chi connectivity index (χ1v) is 7.60. The normalized spacial score (nSPS) is 19.4. The largest absolute Gasteiger partial charge is 0.465 e. The predicted octanol–water partition coefficient (Wildman–Crippen LogP) is 2.31. The summed E-state index contributed by atoms with van der Waals surface area (Å²) in [5.41, 5.74) is 2.45. The lowest BCUT2D eigenvalue weighted by Gasteiger charge is -2.41. The molecule has 122 valence electrons. The average Bonchev–Trinajstić information content (AvgIpc) is 2.61. The molecule has 1 aliphatic rings. The molecule has 2 N–H and O–H groups in total. The van der Waals surface area contributed by atoms with Crippen molar-refractivity contribution in [2.75, 3.05) is 0 Å². The van der Waals surface area contributed by atoms with Gasteiger partial charge in [-0.05, 0) is 6.92 Å². The predicted molar refractivity (Wildman–Crippen MR) is 89.8 cm³/mol. The number of hydrogen-bond acceptors (Lipinski definition) is 3. The summed E-state index contributed by atoms with van der Waals surface area (Å²) in [5, 5.41) is 16.8. The topological polar surface area (TPSA) is 82.0 Å². The van der Waals surface area contributed by atoms with Gasteiger partial charge in [0.05, 0.1) is 11.8 Å². The van der Waals surface area contributed by atoms with Crippen molar-refractivity contribution >= 4 is 17.7 Å². The van der Waals surface area contributed by atoms with Crippen LogP contribution in [0.1, 0.15) is 18.1 Å². The molecule has 1 saturated heterocycles. The Hall–Kier alpha value is -3.15. The quantitative estimate of drug-likeness (QED) is 0.669. The zero-order valence-corrected chi connectivity index (χ0v) is 13.1. The van der Waals surface area contributed by atoms with Crippen LogP contribution in [-0.4, -0.2) is 39.9 Å². The monoisotopic (exact) mass is 323 g/mol. The van der Waals surface area contributed by atoms with E-state index in [1.165, 1.54) is 5.01 Å². The van der Waals surface area contributed by atoms with E-state index in [0.29, 0.717) is 5.71 Å². The van der Waals surface area contributed by atoms with Crippen LogP contribution in [0.25, 0.3) is 0 Å². The zero-order chi connectivity index (χ0) is 17.1. The highest BCUT2D eigenvalue weighted by Gasteiger charge is 2.46. The average molecular weight is 323 g/mol. The summed E-state index contributed by atoms with van der Waals surface area (Å²) in [6.07, 6.45) is -1.21. The van der Waals surface area contributed by atoms with E-state index in [1.807, 2.05) is 60.7 Å². The van der Waals surface area contributed by atoms with Crippen LogP contribution in [-0.2, 0) is 4.79 Å². The first-order valence-electron chi connectivity index (χ1n) is 7.60. The molecule has 6 heteroatoms. The number of hydrazone groups is 1. The van der Waals surface area contributed by atoms with Gasteiger partial charge >= 0.3 is 6.09 Å². The Labute approximate surface area is 139 Å². The third kappa shape index (κ3) is 2.99. The molecule has 2 atom stereocenters. The standard InChI is InChI=1S/C18H17N3O3/c1-12-15(19-18(23)24)17(22)21(12)20-16(13-8-4-2-5-9-13)14-10-6-3-7-11-14/h2-12,15,19H,1H3,(H,23,24)/t12-,15?/m0/s1. The Morgan fingerprint density at radius 1 is 1.04 bits per heavy atom. The lowest BCUT2D eigenvalue weighted by atomic mass is 9.99. The van der Waals surface area contributed by atoms with E-state index < -0.39 is 12.1 Å². The number of nitrogens with zero attached hydrogens (tertiary/aromatic N) is 2. The Balaban J connectivity index is 1.94. The number of amides is 2. The van der Waals surface area contributed by atoms with Crippen LogP contribution in [0.3, 0.4) is 0 Å². The van der Waals surface area contributed by atoms with Gasteiger partial charge in [-0.2, -0.15) is 5.10 Å². The summed E-state index contributed by atoms with van der Waals surface area (Å²) >= 11 is 0. The lowest BCUT2D eigenvalue weighted by Crippen LogP contribution is -2.67. The van der Waals surface area contributed by atoms with Gasteiger partial charge in [0.1, 0.15) is 6.04 Å². The highest BCUT2D eigenvalue weighted by atomic mass is 16.4. The summed E-state index contributed by atoms with van der Waals surface area (Å²) in [6.45, 7) is 1.76. The van der Waals surface area contributed by atoms with E-state index in [9.17, 15) is 9.59 Å². The van der Waals surface area contributed by atoms with Crippen LogP contribution in [0.5, 0.6) is 0 Å². The van der Waals surface area contributed by atoms with E-state index in [1.54, 1.807) is 6.92 Å². The zero-order valence-electron chi connectivity index (χ0n) is 13.1. The van der Waals surface area contributed by atoms with Crippen molar-refractivity contribution in [3.05, 3.63) is 71.8 Å². The Bertz CT molecular complexity index is 733. The van der Waals surface area contributed by atoms with Gasteiger partial charge in [0.25, 0.3) is 5.91 Å². The van der Waals surface area contributed by atoms with E-state index >= 15 is 0 Å². The molecule has 2 amide bonds. The SMILES string of the molecule is C[C@H]1C(NC(=O)O)C(=O)N1N=C(c1ccccc1)c1ccccc1. The molecule has 0 aliphatic carbocycles. The molecule has 1 aliphatic heterocycles. The molecule has 24 heavy (non-hydrogen) atoms. The Morgan fingerprint density at radius 3 is 1.96 bits per heavy atom. The van der Waals surface area contributed by atoms with E-state index in [-0.39, 0.29) is 11.9 Å². The van der Waals surface area contributed by atoms with Crippen LogP contribution in [0, 0.1) is 0 Å². The smallest absolute Gasteiger partial charge is 0.405 e. The molecule has 0 aromatic heterocycles. The highest BCUT2D eigenvalue weighted by molar-refractivity contribution is 6.13. The second kappa shape index (κ2) is 6.54. The molecule has 0 bridgehead atoms. The summed E-state index contributed by atoms with van der Waals surface area (Å²) in [6, 6.07) is 18.1. The molecule has 1 heterocycles. The summed E-state index contributed by atoms with van der Waals surface area (Å²) in [4.78, 5) is 22.9. The van der Waals surface area contributed by atoms with E-state index in [0.717, 1.165) is 11.1 Å². The van der Waals surface area contributed by atoms with Gasteiger partial charge in [0.2, 0.25) is 0 Å². The van der Waals surface area contributed by atoms with Crippen LogP contribution >= 0.6 is 0 Å². The van der Waals surface area contributed by atoms with Crippen LogP contribution in [0.4, 0.5) is 4.79 Å².